The molecule has 15 heavy (non-hydrogen) atoms. The molecule has 0 aromatic carbocycles. The quantitative estimate of drug-likeness (QED) is 0.581. The molecule has 0 atom stereocenters. The molecule has 0 aliphatic carbocycles. The molecular formula is C9H9NO5. The SMILES string of the molecule is O=C(O)C(O)(Cc1cccnc1)C(=O)O. The Morgan fingerprint density at radius 3 is 2.33 bits per heavy atom. The highest BCUT2D eigenvalue weighted by Crippen LogP contribution is 2.13. The highest BCUT2D eigenvalue weighted by molar-refractivity contribution is 6.01. The van der Waals surface area contributed by atoms with Gasteiger partial charge in [-0.3, -0.25) is 4.98 Å². The molecule has 6 nitrogen and oxygen atoms in total. The Balaban J connectivity index is 2.95. The van der Waals surface area contributed by atoms with Gasteiger partial charge in [0.1, 0.15) is 0 Å². The molecule has 0 bridgehead atoms. The Hall–Kier alpha value is -1.95. The number of aliphatic hydroxyl groups is 1. The average molecular weight is 211 g/mol. The second-order valence-electron chi connectivity index (χ2n) is 3.01. The maximum Gasteiger partial charge on any atom is 0.347 e. The number of rotatable bonds is 4. The number of carbonyl (C=O) groups is 2. The third-order valence-corrected chi connectivity index (χ3v) is 1.89. The van der Waals surface area contributed by atoms with E-state index in [9.17, 15) is 14.7 Å². The third-order valence-electron chi connectivity index (χ3n) is 1.89. The molecule has 3 N–H and O–H groups in total. The summed E-state index contributed by atoms with van der Waals surface area (Å²) in [5.74, 6) is -3.59. The number of aromatic nitrogens is 1. The molecule has 6 heteroatoms. The van der Waals surface area contributed by atoms with Gasteiger partial charge in [-0.15, -0.1) is 0 Å². The summed E-state index contributed by atoms with van der Waals surface area (Å²) in [6.45, 7) is 0. The molecule has 0 aliphatic rings. The van der Waals surface area contributed by atoms with E-state index < -0.39 is 24.0 Å². The molecule has 0 amide bonds. The van der Waals surface area contributed by atoms with Crippen LogP contribution in [0.3, 0.4) is 0 Å². The summed E-state index contributed by atoms with van der Waals surface area (Å²) in [4.78, 5) is 24.9. The van der Waals surface area contributed by atoms with Crippen LogP contribution < -0.4 is 0 Å². The van der Waals surface area contributed by atoms with Crippen molar-refractivity contribution in [2.75, 3.05) is 0 Å². The summed E-state index contributed by atoms with van der Waals surface area (Å²) in [5, 5.41) is 26.6. The summed E-state index contributed by atoms with van der Waals surface area (Å²) < 4.78 is 0. The summed E-state index contributed by atoms with van der Waals surface area (Å²) in [7, 11) is 0. The normalized spacial score (nSPS) is 11.0. The molecule has 1 rings (SSSR count). The number of carboxylic acid groups (broad SMARTS) is 2. The predicted molar refractivity (Wildman–Crippen MR) is 48.2 cm³/mol. The van der Waals surface area contributed by atoms with Gasteiger partial charge in [0.15, 0.2) is 0 Å². The van der Waals surface area contributed by atoms with Gasteiger partial charge in [0.2, 0.25) is 0 Å². The maximum absolute atomic E-state index is 10.6. The van der Waals surface area contributed by atoms with Crippen molar-refractivity contribution in [3.63, 3.8) is 0 Å². The lowest BCUT2D eigenvalue weighted by Gasteiger charge is -2.17. The smallest absolute Gasteiger partial charge is 0.347 e. The largest absolute Gasteiger partial charge is 0.479 e. The molecule has 0 fully saturated rings. The summed E-state index contributed by atoms with van der Waals surface area (Å²) >= 11 is 0. The summed E-state index contributed by atoms with van der Waals surface area (Å²) in [5.41, 5.74) is -2.46. The molecule has 0 unspecified atom stereocenters. The van der Waals surface area contributed by atoms with E-state index in [1.807, 2.05) is 0 Å². The first-order valence-electron chi connectivity index (χ1n) is 4.05. The Bertz CT molecular complexity index is 361. The van der Waals surface area contributed by atoms with Crippen LogP contribution in [-0.4, -0.2) is 37.8 Å². The van der Waals surface area contributed by atoms with E-state index in [-0.39, 0.29) is 0 Å². The Labute approximate surface area is 84.8 Å². The van der Waals surface area contributed by atoms with Crippen molar-refractivity contribution in [1.29, 1.82) is 0 Å². The van der Waals surface area contributed by atoms with Gasteiger partial charge in [-0.1, -0.05) is 6.07 Å². The zero-order chi connectivity index (χ0) is 11.5. The molecule has 1 aromatic heterocycles. The van der Waals surface area contributed by atoms with Gasteiger partial charge in [-0.05, 0) is 11.6 Å². The van der Waals surface area contributed by atoms with Gasteiger partial charge in [0, 0.05) is 18.8 Å². The van der Waals surface area contributed by atoms with Crippen molar-refractivity contribution in [2.45, 2.75) is 12.0 Å². The molecular weight excluding hydrogens is 202 g/mol. The number of carboxylic acids is 2. The van der Waals surface area contributed by atoms with Crippen LogP contribution in [0.2, 0.25) is 0 Å². The van der Waals surface area contributed by atoms with Crippen LogP contribution in [0.4, 0.5) is 0 Å². The number of hydrogen-bond donors (Lipinski definition) is 3. The van der Waals surface area contributed by atoms with E-state index in [0.717, 1.165) is 0 Å². The lowest BCUT2D eigenvalue weighted by molar-refractivity contribution is -0.175. The molecule has 0 saturated heterocycles. The van der Waals surface area contributed by atoms with Crippen molar-refractivity contribution in [2.24, 2.45) is 0 Å². The highest BCUT2D eigenvalue weighted by atomic mass is 16.4. The van der Waals surface area contributed by atoms with Gasteiger partial charge >= 0.3 is 11.9 Å². The minimum absolute atomic E-state index is 0.338. The molecule has 1 heterocycles. The second-order valence-corrected chi connectivity index (χ2v) is 3.01. The zero-order valence-corrected chi connectivity index (χ0v) is 7.62. The second kappa shape index (κ2) is 4.05. The van der Waals surface area contributed by atoms with E-state index in [0.29, 0.717) is 5.56 Å². The standard InChI is InChI=1S/C9H9NO5/c11-7(12)9(15,8(13)14)4-6-2-1-3-10-5-6/h1-3,5,15H,4H2,(H,11,12)(H,13,14). The minimum atomic E-state index is -2.80. The monoisotopic (exact) mass is 211 g/mol. The van der Waals surface area contributed by atoms with Crippen LogP contribution in [0.5, 0.6) is 0 Å². The van der Waals surface area contributed by atoms with E-state index >= 15 is 0 Å². The van der Waals surface area contributed by atoms with Crippen molar-refractivity contribution in [3.8, 4) is 0 Å². The first-order chi connectivity index (χ1) is 6.97. The molecule has 1 aromatic rings. The Morgan fingerprint density at radius 1 is 1.33 bits per heavy atom. The number of nitrogens with zero attached hydrogens (tertiary/aromatic N) is 1. The van der Waals surface area contributed by atoms with Gasteiger partial charge in [-0.25, -0.2) is 9.59 Å². The first kappa shape index (κ1) is 11.1. The fraction of sp³-hybridized carbons (Fsp3) is 0.222. The van der Waals surface area contributed by atoms with E-state index in [2.05, 4.69) is 4.98 Å². The summed E-state index contributed by atoms with van der Waals surface area (Å²) in [6.07, 6.45) is 2.24. The van der Waals surface area contributed by atoms with Crippen LogP contribution in [0.25, 0.3) is 0 Å². The van der Waals surface area contributed by atoms with Gasteiger partial charge in [0.25, 0.3) is 5.60 Å². The number of aliphatic carboxylic acids is 2. The third kappa shape index (κ3) is 2.29. The predicted octanol–water partition coefficient (Wildman–Crippen LogP) is -0.476. The minimum Gasteiger partial charge on any atom is -0.479 e. The van der Waals surface area contributed by atoms with E-state index in [1.165, 1.54) is 24.5 Å². The fourth-order valence-corrected chi connectivity index (χ4v) is 1.04. The van der Waals surface area contributed by atoms with E-state index in [1.54, 1.807) is 0 Å². The lowest BCUT2D eigenvalue weighted by atomic mass is 9.96. The molecule has 0 radical (unpaired) electrons. The van der Waals surface area contributed by atoms with E-state index in [4.69, 9.17) is 10.2 Å². The van der Waals surface area contributed by atoms with Crippen molar-refractivity contribution in [1.82, 2.24) is 4.98 Å². The number of pyridine rings is 1. The van der Waals surface area contributed by atoms with Crippen LogP contribution in [-0.2, 0) is 16.0 Å². The Morgan fingerprint density at radius 2 is 1.93 bits per heavy atom. The van der Waals surface area contributed by atoms with Crippen molar-refractivity contribution < 1.29 is 24.9 Å². The van der Waals surface area contributed by atoms with Gasteiger partial charge in [-0.2, -0.15) is 0 Å². The van der Waals surface area contributed by atoms with Gasteiger partial charge in [0.05, 0.1) is 0 Å². The van der Waals surface area contributed by atoms with Gasteiger partial charge < -0.3 is 15.3 Å². The lowest BCUT2D eigenvalue weighted by Crippen LogP contribution is -2.48. The topological polar surface area (TPSA) is 108 Å². The van der Waals surface area contributed by atoms with Crippen LogP contribution in [0.1, 0.15) is 5.56 Å². The fourth-order valence-electron chi connectivity index (χ4n) is 1.04. The average Bonchev–Trinajstić information content (AvgIpc) is 2.18. The molecule has 80 valence electrons. The van der Waals surface area contributed by atoms with Crippen LogP contribution in [0, 0.1) is 0 Å². The Kier molecular flexibility index (Phi) is 3.01. The molecule has 0 spiro atoms. The van der Waals surface area contributed by atoms with Crippen molar-refractivity contribution >= 4 is 11.9 Å². The number of hydrogen-bond acceptors (Lipinski definition) is 4. The van der Waals surface area contributed by atoms with Crippen LogP contribution in [0.15, 0.2) is 24.5 Å². The maximum atomic E-state index is 10.6. The molecule has 0 aliphatic heterocycles. The highest BCUT2D eigenvalue weighted by Gasteiger charge is 2.44. The van der Waals surface area contributed by atoms with Crippen molar-refractivity contribution in [3.05, 3.63) is 30.1 Å². The first-order valence-corrected chi connectivity index (χ1v) is 4.05. The zero-order valence-electron chi connectivity index (χ0n) is 7.62. The summed E-state index contributed by atoms with van der Waals surface area (Å²) in [6, 6.07) is 3.02. The van der Waals surface area contributed by atoms with Crippen LogP contribution >= 0.6 is 0 Å². The molecule has 0 saturated carbocycles.